The van der Waals surface area contributed by atoms with Gasteiger partial charge in [0, 0.05) is 25.4 Å². The molecule has 1 amide bonds. The maximum Gasteiger partial charge on any atom is 0.233 e. The molecule has 0 aliphatic heterocycles. The van der Waals surface area contributed by atoms with E-state index in [2.05, 4.69) is 31.2 Å². The zero-order valence-electron chi connectivity index (χ0n) is 8.09. The molecule has 0 saturated heterocycles. The molecular weight excluding hydrogens is 246 g/mol. The van der Waals surface area contributed by atoms with E-state index in [1.165, 1.54) is 0 Å². The Hall–Kier alpha value is -0.840. The van der Waals surface area contributed by atoms with Gasteiger partial charge in [-0.2, -0.15) is 0 Å². The predicted molar refractivity (Wildman–Crippen MR) is 58.3 cm³/mol. The average molecular weight is 260 g/mol. The van der Waals surface area contributed by atoms with Crippen LogP contribution in [0.5, 0.6) is 0 Å². The lowest BCUT2D eigenvalue weighted by atomic mass is 10.3. The molecule has 1 heterocycles. The minimum absolute atomic E-state index is 0.0408. The number of rotatable bonds is 5. The van der Waals surface area contributed by atoms with Crippen LogP contribution in [0.2, 0.25) is 0 Å². The second-order valence-corrected chi connectivity index (χ2v) is 4.06. The fraction of sp³-hybridized carbons (Fsp3) is 0.556. The van der Waals surface area contributed by atoms with Crippen molar-refractivity contribution in [2.45, 2.75) is 24.6 Å². The van der Waals surface area contributed by atoms with E-state index >= 15 is 0 Å². The molecule has 4 nitrogen and oxygen atoms in total. The molecule has 0 aliphatic carbocycles. The summed E-state index contributed by atoms with van der Waals surface area (Å²) >= 11 is 3.29. The summed E-state index contributed by atoms with van der Waals surface area (Å²) < 4.78 is 0. The largest absolute Gasteiger partial charge is 0.355 e. The van der Waals surface area contributed by atoms with Gasteiger partial charge in [0.25, 0.3) is 0 Å². The number of carbonyl (C=O) groups excluding carboxylic acids is 1. The van der Waals surface area contributed by atoms with Gasteiger partial charge in [0.15, 0.2) is 0 Å². The van der Waals surface area contributed by atoms with Gasteiger partial charge < -0.3 is 10.3 Å². The van der Waals surface area contributed by atoms with E-state index in [9.17, 15) is 4.79 Å². The maximum atomic E-state index is 11.3. The number of halogens is 1. The second-order valence-electron chi connectivity index (χ2n) is 2.95. The normalized spacial score (nSPS) is 12.4. The van der Waals surface area contributed by atoms with E-state index in [-0.39, 0.29) is 10.7 Å². The highest BCUT2D eigenvalue weighted by atomic mass is 79.9. The topological polar surface area (TPSA) is 57.8 Å². The number of carbonyl (C=O) groups is 1. The number of aromatic nitrogens is 2. The Kier molecular flexibility index (Phi) is 4.65. The molecule has 0 spiro atoms. The number of amides is 1. The van der Waals surface area contributed by atoms with Gasteiger partial charge in [-0.3, -0.25) is 4.79 Å². The van der Waals surface area contributed by atoms with Gasteiger partial charge >= 0.3 is 0 Å². The van der Waals surface area contributed by atoms with Crippen molar-refractivity contribution >= 4 is 21.8 Å². The summed E-state index contributed by atoms with van der Waals surface area (Å²) in [4.78, 5) is 18.3. The SMILES string of the molecule is CCC(Br)C(=O)NCCc1ncc[nH]1. The lowest BCUT2D eigenvalue weighted by molar-refractivity contribution is -0.120. The van der Waals surface area contributed by atoms with Crippen LogP contribution in [-0.4, -0.2) is 27.2 Å². The van der Waals surface area contributed by atoms with Crippen LogP contribution >= 0.6 is 15.9 Å². The number of nitrogens with zero attached hydrogens (tertiary/aromatic N) is 1. The third-order valence-corrected chi connectivity index (χ3v) is 2.92. The van der Waals surface area contributed by atoms with E-state index in [1.807, 2.05) is 6.92 Å². The van der Waals surface area contributed by atoms with Gasteiger partial charge in [-0.1, -0.05) is 22.9 Å². The molecule has 1 aromatic rings. The van der Waals surface area contributed by atoms with Crippen LogP contribution in [0, 0.1) is 0 Å². The first kappa shape index (κ1) is 11.2. The number of imidazole rings is 1. The van der Waals surface area contributed by atoms with Crippen molar-refractivity contribution in [1.29, 1.82) is 0 Å². The third-order valence-electron chi connectivity index (χ3n) is 1.86. The summed E-state index contributed by atoms with van der Waals surface area (Å²) in [6.45, 7) is 2.58. The lowest BCUT2D eigenvalue weighted by Gasteiger charge is -2.07. The summed E-state index contributed by atoms with van der Waals surface area (Å²) in [5.74, 6) is 0.937. The number of H-pyrrole nitrogens is 1. The van der Waals surface area contributed by atoms with Crippen molar-refractivity contribution in [2.24, 2.45) is 0 Å². The summed E-state index contributed by atoms with van der Waals surface area (Å²) in [6.07, 6.45) is 5.02. The molecule has 2 N–H and O–H groups in total. The van der Waals surface area contributed by atoms with Crippen LogP contribution in [0.3, 0.4) is 0 Å². The van der Waals surface area contributed by atoms with Crippen molar-refractivity contribution in [3.63, 3.8) is 0 Å². The summed E-state index contributed by atoms with van der Waals surface area (Å²) in [6, 6.07) is 0. The van der Waals surface area contributed by atoms with Crippen molar-refractivity contribution in [2.75, 3.05) is 6.54 Å². The van der Waals surface area contributed by atoms with Crippen LogP contribution in [0.1, 0.15) is 19.2 Å². The third kappa shape index (κ3) is 3.49. The zero-order valence-corrected chi connectivity index (χ0v) is 9.67. The number of hydrogen-bond donors (Lipinski definition) is 2. The van der Waals surface area contributed by atoms with Crippen molar-refractivity contribution in [1.82, 2.24) is 15.3 Å². The number of nitrogens with one attached hydrogen (secondary N) is 2. The van der Waals surface area contributed by atoms with Crippen molar-refractivity contribution in [3.8, 4) is 0 Å². The monoisotopic (exact) mass is 259 g/mol. The molecule has 1 atom stereocenters. The second kappa shape index (κ2) is 5.80. The number of alkyl halides is 1. The highest BCUT2D eigenvalue weighted by Gasteiger charge is 2.10. The van der Waals surface area contributed by atoms with Gasteiger partial charge in [-0.15, -0.1) is 0 Å². The Morgan fingerprint density at radius 3 is 3.14 bits per heavy atom. The zero-order chi connectivity index (χ0) is 10.4. The summed E-state index contributed by atoms with van der Waals surface area (Å²) in [5, 5.41) is 2.83. The average Bonchev–Trinajstić information content (AvgIpc) is 2.69. The molecule has 0 radical (unpaired) electrons. The van der Waals surface area contributed by atoms with E-state index < -0.39 is 0 Å². The predicted octanol–water partition coefficient (Wildman–Crippen LogP) is 1.24. The molecule has 0 aromatic carbocycles. The first-order valence-electron chi connectivity index (χ1n) is 4.64. The van der Waals surface area contributed by atoms with Gasteiger partial charge in [-0.05, 0) is 6.42 Å². The summed E-state index contributed by atoms with van der Waals surface area (Å²) in [5.41, 5.74) is 0. The fourth-order valence-corrected chi connectivity index (χ4v) is 1.20. The van der Waals surface area contributed by atoms with Crippen LogP contribution < -0.4 is 5.32 Å². The molecule has 0 saturated carbocycles. The first-order chi connectivity index (χ1) is 6.74. The molecule has 1 rings (SSSR count). The molecule has 0 bridgehead atoms. The van der Waals surface area contributed by atoms with Gasteiger partial charge in [0.05, 0.1) is 4.83 Å². The molecule has 14 heavy (non-hydrogen) atoms. The Morgan fingerprint density at radius 1 is 1.79 bits per heavy atom. The molecule has 5 heteroatoms. The Labute approximate surface area is 91.6 Å². The standard InChI is InChI=1S/C9H14BrN3O/c1-2-7(10)9(14)13-4-3-8-11-5-6-12-8/h5-7H,2-4H2,1H3,(H,11,12)(H,13,14). The first-order valence-corrected chi connectivity index (χ1v) is 5.55. The molecule has 0 aliphatic rings. The Balaban J connectivity index is 2.18. The van der Waals surface area contributed by atoms with E-state index in [0.717, 1.165) is 18.7 Å². The minimum Gasteiger partial charge on any atom is -0.355 e. The Bertz CT molecular complexity index is 274. The van der Waals surface area contributed by atoms with Gasteiger partial charge in [0.2, 0.25) is 5.91 Å². The van der Waals surface area contributed by atoms with E-state index in [1.54, 1.807) is 12.4 Å². The van der Waals surface area contributed by atoms with Gasteiger partial charge in [-0.25, -0.2) is 4.98 Å². The summed E-state index contributed by atoms with van der Waals surface area (Å²) in [7, 11) is 0. The number of hydrogen-bond acceptors (Lipinski definition) is 2. The fourth-order valence-electron chi connectivity index (χ4n) is 1.03. The van der Waals surface area contributed by atoms with Crippen LogP contribution in [-0.2, 0) is 11.2 Å². The van der Waals surface area contributed by atoms with Crippen molar-refractivity contribution < 1.29 is 4.79 Å². The molecule has 1 unspecified atom stereocenters. The van der Waals surface area contributed by atoms with E-state index in [0.29, 0.717) is 6.54 Å². The number of aromatic amines is 1. The lowest BCUT2D eigenvalue weighted by Crippen LogP contribution is -2.32. The van der Waals surface area contributed by atoms with Crippen LogP contribution in [0.4, 0.5) is 0 Å². The van der Waals surface area contributed by atoms with Crippen LogP contribution in [0.25, 0.3) is 0 Å². The molecule has 1 aromatic heterocycles. The molecular formula is C9H14BrN3O. The quantitative estimate of drug-likeness (QED) is 0.782. The molecule has 0 fully saturated rings. The highest BCUT2D eigenvalue weighted by Crippen LogP contribution is 2.03. The molecule has 78 valence electrons. The van der Waals surface area contributed by atoms with Crippen molar-refractivity contribution in [3.05, 3.63) is 18.2 Å². The maximum absolute atomic E-state index is 11.3. The highest BCUT2D eigenvalue weighted by molar-refractivity contribution is 9.10. The van der Waals surface area contributed by atoms with E-state index in [4.69, 9.17) is 0 Å². The Morgan fingerprint density at radius 2 is 2.57 bits per heavy atom. The smallest absolute Gasteiger partial charge is 0.233 e. The van der Waals surface area contributed by atoms with Gasteiger partial charge in [0.1, 0.15) is 5.82 Å². The van der Waals surface area contributed by atoms with Crippen LogP contribution in [0.15, 0.2) is 12.4 Å². The minimum atomic E-state index is -0.0842.